The van der Waals surface area contributed by atoms with Gasteiger partial charge < -0.3 is 9.80 Å². The van der Waals surface area contributed by atoms with Gasteiger partial charge in [0.1, 0.15) is 5.82 Å². The normalized spacial score (nSPS) is 14.6. The molecule has 1 fully saturated rings. The molecule has 0 bridgehead atoms. The quantitative estimate of drug-likeness (QED) is 0.375. The zero-order chi connectivity index (χ0) is 24.4. The summed E-state index contributed by atoms with van der Waals surface area (Å²) in [6.45, 7) is 3.69. The third-order valence-corrected chi connectivity index (χ3v) is 6.36. The molecule has 0 unspecified atom stereocenters. The molecule has 3 aromatic heterocycles. The van der Waals surface area contributed by atoms with Crippen molar-refractivity contribution in [1.82, 2.24) is 19.9 Å². The first kappa shape index (κ1) is 23.0. The lowest BCUT2D eigenvalue weighted by Gasteiger charge is -2.33. The lowest BCUT2D eigenvalue weighted by molar-refractivity contribution is 0.0992. The van der Waals surface area contributed by atoms with Crippen molar-refractivity contribution < 1.29 is 13.6 Å². The van der Waals surface area contributed by atoms with Crippen LogP contribution < -0.4 is 4.90 Å². The number of hydrogen-bond donors (Lipinski definition) is 0. The van der Waals surface area contributed by atoms with Gasteiger partial charge in [0.2, 0.25) is 0 Å². The number of benzene rings is 1. The smallest absolute Gasteiger partial charge is 0.265 e. The van der Waals surface area contributed by atoms with E-state index in [0.717, 1.165) is 48.3 Å². The van der Waals surface area contributed by atoms with Crippen molar-refractivity contribution in [2.24, 2.45) is 0 Å². The van der Waals surface area contributed by atoms with E-state index in [1.165, 1.54) is 12.3 Å². The number of carbonyl (C=O) groups excluding carboxylic acids is 1. The molecule has 0 aliphatic carbocycles. The summed E-state index contributed by atoms with van der Waals surface area (Å²) in [5, 5.41) is 1.79. The summed E-state index contributed by atoms with van der Waals surface area (Å²) in [6.07, 6.45) is 3.75. The lowest BCUT2D eigenvalue weighted by Crippen LogP contribution is -2.44. The fourth-order valence-electron chi connectivity index (χ4n) is 4.26. The summed E-state index contributed by atoms with van der Waals surface area (Å²) in [7, 11) is 2.10. The predicted octanol–water partition coefficient (Wildman–Crippen LogP) is 4.81. The van der Waals surface area contributed by atoms with Crippen molar-refractivity contribution in [1.29, 1.82) is 0 Å². The lowest BCUT2D eigenvalue weighted by atomic mass is 10.0. The van der Waals surface area contributed by atoms with E-state index in [1.807, 2.05) is 30.3 Å². The first-order valence-electron chi connectivity index (χ1n) is 11.5. The van der Waals surface area contributed by atoms with Gasteiger partial charge in [-0.25, -0.2) is 13.8 Å². The largest absolute Gasteiger partial charge is 0.354 e. The van der Waals surface area contributed by atoms with E-state index in [-0.39, 0.29) is 17.8 Å². The maximum Gasteiger partial charge on any atom is 0.265 e. The van der Waals surface area contributed by atoms with Gasteiger partial charge in [0.25, 0.3) is 6.43 Å². The third-order valence-electron chi connectivity index (χ3n) is 6.36. The van der Waals surface area contributed by atoms with Crippen LogP contribution in [0, 0.1) is 0 Å². The highest BCUT2D eigenvalue weighted by atomic mass is 19.3. The summed E-state index contributed by atoms with van der Waals surface area (Å²) in [6, 6.07) is 12.6. The van der Waals surface area contributed by atoms with E-state index in [0.29, 0.717) is 16.8 Å². The van der Waals surface area contributed by atoms with Gasteiger partial charge in [-0.1, -0.05) is 12.1 Å². The molecule has 4 heterocycles. The Morgan fingerprint density at radius 2 is 1.74 bits per heavy atom. The van der Waals surface area contributed by atoms with Gasteiger partial charge >= 0.3 is 0 Å². The van der Waals surface area contributed by atoms with Crippen molar-refractivity contribution in [2.45, 2.75) is 12.8 Å². The van der Waals surface area contributed by atoms with Crippen LogP contribution in [-0.2, 0) is 6.42 Å². The monoisotopic (exact) mass is 473 g/mol. The summed E-state index contributed by atoms with van der Waals surface area (Å²) in [4.78, 5) is 30.4. The molecule has 0 amide bonds. The minimum Gasteiger partial charge on any atom is -0.354 e. The molecule has 4 aromatic rings. The van der Waals surface area contributed by atoms with Crippen LogP contribution in [0.25, 0.3) is 21.9 Å². The highest BCUT2D eigenvalue weighted by molar-refractivity contribution is 5.98. The summed E-state index contributed by atoms with van der Waals surface area (Å²) in [5.41, 5.74) is 2.54. The molecular formula is C27H25F2N5O. The Labute approximate surface area is 202 Å². The van der Waals surface area contributed by atoms with Crippen molar-refractivity contribution in [3.05, 3.63) is 84.1 Å². The van der Waals surface area contributed by atoms with Crippen LogP contribution in [0.5, 0.6) is 0 Å². The molecule has 0 N–H and O–H groups in total. The molecule has 0 spiro atoms. The topological polar surface area (TPSA) is 62.2 Å². The zero-order valence-electron chi connectivity index (χ0n) is 19.4. The van der Waals surface area contributed by atoms with Crippen molar-refractivity contribution in [3.63, 3.8) is 0 Å². The van der Waals surface area contributed by atoms with Crippen LogP contribution in [0.4, 0.5) is 14.6 Å². The standard InChI is InChI=1S/C27H25F2N5O/c1-33-6-8-34(9-7-33)26-13-19(4-5-31-26)25(35)14-24-12-21-10-18(2-3-20(21)17-32-24)22-11-23(27(28)29)16-30-15-22/h2-5,10-13,15-17,27H,6-9,14H2,1H3. The van der Waals surface area contributed by atoms with E-state index < -0.39 is 6.43 Å². The van der Waals surface area contributed by atoms with Gasteiger partial charge in [-0.15, -0.1) is 0 Å². The van der Waals surface area contributed by atoms with Crippen LogP contribution in [0.15, 0.2) is 67.3 Å². The van der Waals surface area contributed by atoms with Gasteiger partial charge in [-0.2, -0.15) is 0 Å². The molecule has 35 heavy (non-hydrogen) atoms. The summed E-state index contributed by atoms with van der Waals surface area (Å²) >= 11 is 0. The average Bonchev–Trinajstić information content (AvgIpc) is 2.89. The summed E-state index contributed by atoms with van der Waals surface area (Å²) < 4.78 is 26.2. The van der Waals surface area contributed by atoms with Gasteiger partial charge in [-0.05, 0) is 48.3 Å². The molecular weight excluding hydrogens is 448 g/mol. The first-order valence-corrected chi connectivity index (χ1v) is 11.5. The van der Waals surface area contributed by atoms with E-state index in [2.05, 4.69) is 31.8 Å². The molecule has 0 saturated carbocycles. The predicted molar refractivity (Wildman–Crippen MR) is 132 cm³/mol. The molecule has 1 aliphatic heterocycles. The number of rotatable bonds is 6. The van der Waals surface area contributed by atoms with Crippen LogP contribution >= 0.6 is 0 Å². The molecule has 0 atom stereocenters. The number of pyridine rings is 3. The molecule has 1 aromatic carbocycles. The molecule has 1 aliphatic rings. The molecule has 1 saturated heterocycles. The molecule has 6 nitrogen and oxygen atoms in total. The van der Waals surface area contributed by atoms with Crippen LogP contribution in [-0.4, -0.2) is 58.9 Å². The summed E-state index contributed by atoms with van der Waals surface area (Å²) in [5.74, 6) is 0.791. The molecule has 0 radical (unpaired) electrons. The van der Waals surface area contributed by atoms with Gasteiger partial charge in [-0.3, -0.25) is 14.8 Å². The molecule has 5 rings (SSSR count). The fourth-order valence-corrected chi connectivity index (χ4v) is 4.26. The maximum atomic E-state index is 13.1. The second-order valence-corrected chi connectivity index (χ2v) is 8.84. The maximum absolute atomic E-state index is 13.1. The fraction of sp³-hybridized carbons (Fsp3) is 0.259. The van der Waals surface area contributed by atoms with Crippen molar-refractivity contribution in [2.75, 3.05) is 38.1 Å². The van der Waals surface area contributed by atoms with Crippen molar-refractivity contribution >= 4 is 22.4 Å². The SMILES string of the molecule is CN1CCN(c2cc(C(=O)Cc3cc4cc(-c5cncc(C(F)F)c5)ccc4cn3)ccn2)CC1. The van der Waals surface area contributed by atoms with Crippen LogP contribution in [0.2, 0.25) is 0 Å². The van der Waals surface area contributed by atoms with Gasteiger partial charge in [0, 0.05) is 78.7 Å². The Kier molecular flexibility index (Phi) is 6.46. The van der Waals surface area contributed by atoms with Crippen molar-refractivity contribution in [3.8, 4) is 11.1 Å². The number of aromatic nitrogens is 3. The number of anilines is 1. The number of fused-ring (bicyclic) bond motifs is 1. The highest BCUT2D eigenvalue weighted by Gasteiger charge is 2.17. The van der Waals surface area contributed by atoms with E-state index in [9.17, 15) is 13.6 Å². The Morgan fingerprint density at radius 1 is 0.914 bits per heavy atom. The number of carbonyl (C=O) groups is 1. The molecule has 8 heteroatoms. The Bertz CT molecular complexity index is 1370. The number of likely N-dealkylation sites (N-methyl/N-ethyl adjacent to an activating group) is 1. The minimum atomic E-state index is -2.57. The number of ketones is 1. The Morgan fingerprint density at radius 3 is 2.54 bits per heavy atom. The zero-order valence-corrected chi connectivity index (χ0v) is 19.4. The van der Waals surface area contributed by atoms with Crippen LogP contribution in [0.3, 0.4) is 0 Å². The Balaban J connectivity index is 1.36. The number of Topliss-reactive ketones (excluding diaryl/α,β-unsaturated/α-hetero) is 1. The second-order valence-electron chi connectivity index (χ2n) is 8.84. The van der Waals surface area contributed by atoms with E-state index >= 15 is 0 Å². The minimum absolute atomic E-state index is 0.0281. The number of hydrogen-bond acceptors (Lipinski definition) is 6. The Hall–Kier alpha value is -3.78. The number of piperazine rings is 1. The highest BCUT2D eigenvalue weighted by Crippen LogP contribution is 2.27. The molecule has 178 valence electrons. The average molecular weight is 474 g/mol. The van der Waals surface area contributed by atoms with E-state index in [1.54, 1.807) is 24.7 Å². The number of halogens is 2. The van der Waals surface area contributed by atoms with Crippen LogP contribution in [0.1, 0.15) is 28.0 Å². The van der Waals surface area contributed by atoms with E-state index in [4.69, 9.17) is 0 Å². The van der Waals surface area contributed by atoms with Gasteiger partial charge in [0.05, 0.1) is 6.42 Å². The third kappa shape index (κ3) is 5.17. The first-order chi connectivity index (χ1) is 17.0. The second kappa shape index (κ2) is 9.84. The number of nitrogens with zero attached hydrogens (tertiary/aromatic N) is 5. The number of alkyl halides is 2. The van der Waals surface area contributed by atoms with Gasteiger partial charge in [0.15, 0.2) is 5.78 Å².